The Morgan fingerprint density at radius 3 is 2.57 bits per heavy atom. The van der Waals surface area contributed by atoms with Crippen LogP contribution in [-0.2, 0) is 9.59 Å². The molecule has 0 bridgehead atoms. The average Bonchev–Trinajstić information content (AvgIpc) is 2.85. The highest BCUT2D eigenvalue weighted by molar-refractivity contribution is 7.18. The van der Waals surface area contributed by atoms with E-state index in [0.717, 1.165) is 34.5 Å². The summed E-state index contributed by atoms with van der Waals surface area (Å²) in [6.45, 7) is 0. The van der Waals surface area contributed by atoms with E-state index < -0.39 is 0 Å². The van der Waals surface area contributed by atoms with Gasteiger partial charge in [0.1, 0.15) is 0 Å². The molecule has 0 aliphatic rings. The molecule has 1 atom stereocenters. The number of thiazole rings is 1. The minimum atomic E-state index is -0.325. The maximum absolute atomic E-state index is 11.3. The standard InChI is InChI=1S/C15H19N3O2S/c16-13(19)8-4-1-5-10(9-14(17)20)15-18-11-6-2-3-7-12(11)21-15/h2-3,6-7,10H,1,4-5,8-9H2,(H2,16,19)(H2,17,20). The van der Waals surface area contributed by atoms with Crippen molar-refractivity contribution in [3.63, 3.8) is 0 Å². The van der Waals surface area contributed by atoms with Gasteiger partial charge < -0.3 is 11.5 Å². The van der Waals surface area contributed by atoms with Crippen LogP contribution in [-0.4, -0.2) is 16.8 Å². The largest absolute Gasteiger partial charge is 0.370 e. The highest BCUT2D eigenvalue weighted by Gasteiger charge is 2.18. The third kappa shape index (κ3) is 4.53. The predicted molar refractivity (Wildman–Crippen MR) is 83.8 cm³/mol. The van der Waals surface area contributed by atoms with Crippen molar-refractivity contribution in [1.82, 2.24) is 4.98 Å². The zero-order chi connectivity index (χ0) is 15.2. The van der Waals surface area contributed by atoms with Gasteiger partial charge in [-0.25, -0.2) is 4.98 Å². The molecule has 2 amide bonds. The Balaban J connectivity index is 2.07. The average molecular weight is 305 g/mol. The van der Waals surface area contributed by atoms with E-state index in [2.05, 4.69) is 4.98 Å². The Kier molecular flexibility index (Phi) is 5.27. The summed E-state index contributed by atoms with van der Waals surface area (Å²) in [7, 11) is 0. The fourth-order valence-electron chi connectivity index (χ4n) is 2.31. The van der Waals surface area contributed by atoms with E-state index in [9.17, 15) is 9.59 Å². The quantitative estimate of drug-likeness (QED) is 0.732. The molecule has 0 spiro atoms. The first-order chi connectivity index (χ1) is 10.1. The van der Waals surface area contributed by atoms with Crippen molar-refractivity contribution in [2.75, 3.05) is 0 Å². The molecular weight excluding hydrogens is 286 g/mol. The van der Waals surface area contributed by atoms with Crippen molar-refractivity contribution in [2.45, 2.75) is 38.0 Å². The molecule has 2 aromatic rings. The number of benzene rings is 1. The summed E-state index contributed by atoms with van der Waals surface area (Å²) in [5.74, 6) is -0.594. The van der Waals surface area contributed by atoms with Gasteiger partial charge in [-0.3, -0.25) is 9.59 Å². The van der Waals surface area contributed by atoms with Crippen molar-refractivity contribution in [3.05, 3.63) is 29.3 Å². The van der Waals surface area contributed by atoms with Gasteiger partial charge in [-0.15, -0.1) is 11.3 Å². The number of nitrogens with zero attached hydrogens (tertiary/aromatic N) is 1. The van der Waals surface area contributed by atoms with E-state index in [1.807, 2.05) is 24.3 Å². The molecule has 0 fully saturated rings. The van der Waals surface area contributed by atoms with Crippen molar-refractivity contribution in [3.8, 4) is 0 Å². The number of para-hydroxylation sites is 1. The van der Waals surface area contributed by atoms with Gasteiger partial charge in [-0.1, -0.05) is 18.6 Å². The number of nitrogens with two attached hydrogens (primary N) is 2. The van der Waals surface area contributed by atoms with Gasteiger partial charge >= 0.3 is 0 Å². The molecule has 21 heavy (non-hydrogen) atoms. The lowest BCUT2D eigenvalue weighted by Crippen LogP contribution is -2.15. The summed E-state index contributed by atoms with van der Waals surface area (Å²) >= 11 is 1.60. The molecule has 2 rings (SSSR count). The van der Waals surface area contributed by atoms with Gasteiger partial charge in [0.15, 0.2) is 0 Å². The minimum Gasteiger partial charge on any atom is -0.370 e. The molecule has 1 heterocycles. The van der Waals surface area contributed by atoms with Gasteiger partial charge in [-0.05, 0) is 25.0 Å². The second-order valence-corrected chi connectivity index (χ2v) is 6.16. The summed E-state index contributed by atoms with van der Waals surface area (Å²) < 4.78 is 1.11. The van der Waals surface area contributed by atoms with Crippen LogP contribution < -0.4 is 11.5 Å². The zero-order valence-electron chi connectivity index (χ0n) is 11.7. The first-order valence-electron chi connectivity index (χ1n) is 6.98. The van der Waals surface area contributed by atoms with Gasteiger partial charge in [0.05, 0.1) is 15.2 Å². The second-order valence-electron chi connectivity index (χ2n) is 5.10. The number of amides is 2. The summed E-state index contributed by atoms with van der Waals surface area (Å²) in [5.41, 5.74) is 11.4. The summed E-state index contributed by atoms with van der Waals surface area (Å²) in [6.07, 6.45) is 3.02. The summed E-state index contributed by atoms with van der Waals surface area (Å²) in [5, 5.41) is 0.939. The monoisotopic (exact) mass is 305 g/mol. The Hall–Kier alpha value is -1.95. The lowest BCUT2D eigenvalue weighted by Gasteiger charge is -2.11. The number of hydrogen-bond donors (Lipinski definition) is 2. The van der Waals surface area contributed by atoms with Crippen LogP contribution in [0.1, 0.15) is 43.0 Å². The Morgan fingerprint density at radius 1 is 1.14 bits per heavy atom. The molecule has 1 unspecified atom stereocenters. The maximum Gasteiger partial charge on any atom is 0.218 e. The molecule has 6 heteroatoms. The predicted octanol–water partition coefficient (Wildman–Crippen LogP) is 2.30. The molecule has 0 aliphatic carbocycles. The molecule has 112 valence electrons. The van der Waals surface area contributed by atoms with Crippen LogP contribution in [0.5, 0.6) is 0 Å². The molecule has 0 aliphatic heterocycles. The molecule has 0 radical (unpaired) electrons. The smallest absolute Gasteiger partial charge is 0.218 e. The molecule has 0 saturated carbocycles. The van der Waals surface area contributed by atoms with E-state index in [4.69, 9.17) is 11.5 Å². The normalized spacial score (nSPS) is 12.4. The van der Waals surface area contributed by atoms with Crippen LogP contribution in [0.25, 0.3) is 10.2 Å². The van der Waals surface area contributed by atoms with Crippen LogP contribution in [0.15, 0.2) is 24.3 Å². The highest BCUT2D eigenvalue weighted by Crippen LogP contribution is 2.32. The van der Waals surface area contributed by atoms with Gasteiger partial charge in [-0.2, -0.15) is 0 Å². The van der Waals surface area contributed by atoms with Crippen molar-refractivity contribution < 1.29 is 9.59 Å². The van der Waals surface area contributed by atoms with Crippen molar-refractivity contribution in [2.24, 2.45) is 11.5 Å². The number of carbonyl (C=O) groups excluding carboxylic acids is 2. The van der Waals surface area contributed by atoms with Crippen LogP contribution in [0.3, 0.4) is 0 Å². The number of carbonyl (C=O) groups is 2. The lowest BCUT2D eigenvalue weighted by atomic mass is 9.98. The van der Waals surface area contributed by atoms with E-state index >= 15 is 0 Å². The second kappa shape index (κ2) is 7.17. The molecular formula is C15H19N3O2S. The van der Waals surface area contributed by atoms with Gasteiger partial charge in [0, 0.05) is 18.8 Å². The van der Waals surface area contributed by atoms with Crippen molar-refractivity contribution in [1.29, 1.82) is 0 Å². The van der Waals surface area contributed by atoms with Crippen LogP contribution >= 0.6 is 11.3 Å². The van der Waals surface area contributed by atoms with Crippen LogP contribution in [0.2, 0.25) is 0 Å². The SMILES string of the molecule is NC(=O)CCCCC(CC(N)=O)c1nc2ccccc2s1. The van der Waals surface area contributed by atoms with Crippen molar-refractivity contribution >= 4 is 33.4 Å². The highest BCUT2D eigenvalue weighted by atomic mass is 32.1. The Bertz CT molecular complexity index is 606. The fourth-order valence-corrected chi connectivity index (χ4v) is 3.41. The number of unbranched alkanes of at least 4 members (excludes halogenated alkanes) is 1. The van der Waals surface area contributed by atoms with E-state index in [-0.39, 0.29) is 24.2 Å². The number of primary amides is 2. The Morgan fingerprint density at radius 2 is 1.90 bits per heavy atom. The van der Waals surface area contributed by atoms with Crippen LogP contribution in [0.4, 0.5) is 0 Å². The molecule has 5 nitrogen and oxygen atoms in total. The fraction of sp³-hybridized carbons (Fsp3) is 0.400. The third-order valence-electron chi connectivity index (χ3n) is 3.33. The molecule has 1 aromatic carbocycles. The first-order valence-corrected chi connectivity index (χ1v) is 7.80. The summed E-state index contributed by atoms with van der Waals surface area (Å²) in [4.78, 5) is 26.6. The number of aromatic nitrogens is 1. The number of rotatable bonds is 8. The molecule has 1 aromatic heterocycles. The third-order valence-corrected chi connectivity index (χ3v) is 4.53. The first kappa shape index (κ1) is 15.4. The zero-order valence-corrected chi connectivity index (χ0v) is 12.6. The number of hydrogen-bond acceptors (Lipinski definition) is 4. The summed E-state index contributed by atoms with van der Waals surface area (Å²) in [6, 6.07) is 7.90. The number of fused-ring (bicyclic) bond motifs is 1. The van der Waals surface area contributed by atoms with E-state index in [1.165, 1.54) is 0 Å². The Labute approximate surface area is 127 Å². The van der Waals surface area contributed by atoms with E-state index in [1.54, 1.807) is 11.3 Å². The maximum atomic E-state index is 11.3. The minimum absolute atomic E-state index is 0.0211. The van der Waals surface area contributed by atoms with E-state index in [0.29, 0.717) is 6.42 Å². The topological polar surface area (TPSA) is 99.1 Å². The lowest BCUT2D eigenvalue weighted by molar-refractivity contribution is -0.119. The van der Waals surface area contributed by atoms with Gasteiger partial charge in [0.2, 0.25) is 11.8 Å². The molecule has 0 saturated heterocycles. The van der Waals surface area contributed by atoms with Crippen LogP contribution in [0, 0.1) is 0 Å². The molecule has 4 N–H and O–H groups in total. The van der Waals surface area contributed by atoms with Gasteiger partial charge in [0.25, 0.3) is 0 Å².